The van der Waals surface area contributed by atoms with Crippen molar-refractivity contribution in [3.05, 3.63) is 41.7 Å². The molecule has 2 aromatic rings. The van der Waals surface area contributed by atoms with Crippen molar-refractivity contribution in [1.82, 2.24) is 9.78 Å². The van der Waals surface area contributed by atoms with Crippen molar-refractivity contribution in [2.45, 2.75) is 19.9 Å². The molecule has 2 rings (SSSR count). The number of hydrogen-bond donors (Lipinski definition) is 0. The molecule has 0 aliphatic heterocycles. The summed E-state index contributed by atoms with van der Waals surface area (Å²) >= 11 is 0. The lowest BCUT2D eigenvalue weighted by molar-refractivity contribution is 0.104. The topological polar surface area (TPSA) is 62.6 Å². The van der Waals surface area contributed by atoms with Gasteiger partial charge in [-0.25, -0.2) is 0 Å². The quantitative estimate of drug-likeness (QED) is 0.575. The maximum atomic E-state index is 12.3. The highest BCUT2D eigenvalue weighted by Gasteiger charge is 2.11. The van der Waals surface area contributed by atoms with Crippen LogP contribution >= 0.6 is 0 Å². The molecule has 1 aromatic carbocycles. The molecule has 0 aliphatic rings. The van der Waals surface area contributed by atoms with E-state index in [-0.39, 0.29) is 11.8 Å². The van der Waals surface area contributed by atoms with E-state index in [9.17, 15) is 4.79 Å². The van der Waals surface area contributed by atoms with Crippen LogP contribution in [0.15, 0.2) is 30.6 Å². The van der Waals surface area contributed by atoms with E-state index in [1.165, 1.54) is 6.08 Å². The summed E-state index contributed by atoms with van der Waals surface area (Å²) in [5.74, 6) is 1.60. The smallest absolute Gasteiger partial charge is 0.189 e. The van der Waals surface area contributed by atoms with Gasteiger partial charge in [-0.05, 0) is 32.1 Å². The molecule has 0 unspecified atom stereocenters. The van der Waals surface area contributed by atoms with Crippen molar-refractivity contribution in [2.24, 2.45) is 0 Å². The van der Waals surface area contributed by atoms with Gasteiger partial charge in [0.2, 0.25) is 0 Å². The zero-order valence-corrected chi connectivity index (χ0v) is 14.6. The zero-order valence-electron chi connectivity index (χ0n) is 14.6. The molecule has 6 heteroatoms. The third-order valence-corrected chi connectivity index (χ3v) is 3.57. The summed E-state index contributed by atoms with van der Waals surface area (Å²) in [4.78, 5) is 12.3. The molecule has 1 aromatic heterocycles. The van der Waals surface area contributed by atoms with Crippen LogP contribution in [0.2, 0.25) is 0 Å². The number of carbonyl (C=O) groups excluding carboxylic acids is 1. The second-order valence-corrected chi connectivity index (χ2v) is 5.45. The summed E-state index contributed by atoms with van der Waals surface area (Å²) in [5.41, 5.74) is 1.26. The highest BCUT2D eigenvalue weighted by atomic mass is 16.5. The number of ether oxygens (including phenoxy) is 3. The molecule has 0 atom stereocenters. The lowest BCUT2D eigenvalue weighted by Crippen LogP contribution is -2.00. The Labute approximate surface area is 141 Å². The van der Waals surface area contributed by atoms with Gasteiger partial charge < -0.3 is 14.2 Å². The van der Waals surface area contributed by atoms with E-state index >= 15 is 0 Å². The number of benzene rings is 1. The third-order valence-electron chi connectivity index (χ3n) is 3.57. The summed E-state index contributed by atoms with van der Waals surface area (Å²) in [6.45, 7) is 4.01. The second kappa shape index (κ2) is 7.68. The van der Waals surface area contributed by atoms with Gasteiger partial charge in [-0.3, -0.25) is 9.48 Å². The van der Waals surface area contributed by atoms with Crippen LogP contribution in [-0.4, -0.2) is 36.9 Å². The van der Waals surface area contributed by atoms with Gasteiger partial charge in [0, 0.05) is 23.9 Å². The van der Waals surface area contributed by atoms with Crippen molar-refractivity contribution < 1.29 is 19.0 Å². The lowest BCUT2D eigenvalue weighted by atomic mass is 10.1. The predicted octanol–water partition coefficient (Wildman–Crippen LogP) is 3.39. The van der Waals surface area contributed by atoms with Crippen molar-refractivity contribution in [3.63, 3.8) is 0 Å². The highest BCUT2D eigenvalue weighted by molar-refractivity contribution is 6.06. The van der Waals surface area contributed by atoms with Gasteiger partial charge in [0.15, 0.2) is 17.3 Å². The molecular weight excluding hydrogens is 308 g/mol. The van der Waals surface area contributed by atoms with Crippen LogP contribution in [0.4, 0.5) is 0 Å². The molecule has 0 radical (unpaired) electrons. The number of ketones is 1. The van der Waals surface area contributed by atoms with Gasteiger partial charge >= 0.3 is 0 Å². The Balaban J connectivity index is 2.28. The molecule has 0 saturated carbocycles. The van der Waals surface area contributed by atoms with Crippen molar-refractivity contribution in [3.8, 4) is 17.2 Å². The van der Waals surface area contributed by atoms with Crippen LogP contribution < -0.4 is 14.2 Å². The fourth-order valence-electron chi connectivity index (χ4n) is 2.19. The fraction of sp³-hybridized carbons (Fsp3) is 0.333. The van der Waals surface area contributed by atoms with Crippen molar-refractivity contribution in [1.29, 1.82) is 0 Å². The first-order chi connectivity index (χ1) is 11.5. The minimum Gasteiger partial charge on any atom is -0.496 e. The van der Waals surface area contributed by atoms with Gasteiger partial charge in [0.25, 0.3) is 0 Å². The first-order valence-electron chi connectivity index (χ1n) is 7.56. The maximum Gasteiger partial charge on any atom is 0.189 e. The number of methoxy groups -OCH3 is 3. The van der Waals surface area contributed by atoms with Crippen LogP contribution in [0.25, 0.3) is 6.08 Å². The minimum absolute atomic E-state index is 0.126. The molecule has 6 nitrogen and oxygen atoms in total. The molecule has 0 saturated heterocycles. The Bertz CT molecular complexity index is 747. The second-order valence-electron chi connectivity index (χ2n) is 5.45. The van der Waals surface area contributed by atoms with Gasteiger partial charge in [-0.1, -0.05) is 0 Å². The number of nitrogens with zero attached hydrogens (tertiary/aromatic N) is 2. The normalized spacial score (nSPS) is 11.1. The van der Waals surface area contributed by atoms with Crippen LogP contribution in [-0.2, 0) is 0 Å². The Morgan fingerprint density at radius 1 is 1.08 bits per heavy atom. The van der Waals surface area contributed by atoms with Gasteiger partial charge in [-0.2, -0.15) is 5.10 Å². The largest absolute Gasteiger partial charge is 0.496 e. The molecule has 0 fully saturated rings. The number of rotatable bonds is 7. The first kappa shape index (κ1) is 17.6. The molecule has 0 amide bonds. The first-order valence-corrected chi connectivity index (χ1v) is 7.56. The van der Waals surface area contributed by atoms with E-state index in [0.717, 1.165) is 5.56 Å². The van der Waals surface area contributed by atoms with Crippen LogP contribution in [0.3, 0.4) is 0 Å². The average molecular weight is 330 g/mol. The van der Waals surface area contributed by atoms with E-state index in [4.69, 9.17) is 14.2 Å². The third kappa shape index (κ3) is 3.76. The van der Waals surface area contributed by atoms with E-state index in [1.54, 1.807) is 56.6 Å². The number of carbonyl (C=O) groups is 1. The lowest BCUT2D eigenvalue weighted by Gasteiger charge is -2.12. The standard InChI is InChI=1S/C18H22N2O4/c1-12(2)20-11-14(10-19-20)15(21)7-6-13-8-17(23-4)18(24-5)9-16(13)22-3/h6-12H,1-5H3/b7-6+. The number of hydrogen-bond acceptors (Lipinski definition) is 5. The molecule has 128 valence electrons. The van der Waals surface area contributed by atoms with Gasteiger partial charge in [0.05, 0.1) is 33.1 Å². The molecule has 0 spiro atoms. The van der Waals surface area contributed by atoms with Crippen LogP contribution in [0.5, 0.6) is 17.2 Å². The Morgan fingerprint density at radius 3 is 2.25 bits per heavy atom. The summed E-state index contributed by atoms with van der Waals surface area (Å²) < 4.78 is 17.6. The van der Waals surface area contributed by atoms with E-state index < -0.39 is 0 Å². The Hall–Kier alpha value is -2.76. The van der Waals surface area contributed by atoms with E-state index in [1.807, 2.05) is 13.8 Å². The van der Waals surface area contributed by atoms with Gasteiger partial charge in [-0.15, -0.1) is 0 Å². The summed E-state index contributed by atoms with van der Waals surface area (Å²) in [7, 11) is 4.68. The monoisotopic (exact) mass is 330 g/mol. The highest BCUT2D eigenvalue weighted by Crippen LogP contribution is 2.35. The Morgan fingerprint density at radius 2 is 1.71 bits per heavy atom. The molecule has 0 aliphatic carbocycles. The maximum absolute atomic E-state index is 12.3. The minimum atomic E-state index is -0.126. The Kier molecular flexibility index (Phi) is 5.63. The van der Waals surface area contributed by atoms with Crippen molar-refractivity contribution in [2.75, 3.05) is 21.3 Å². The van der Waals surface area contributed by atoms with E-state index in [0.29, 0.717) is 22.8 Å². The number of allylic oxidation sites excluding steroid dienone is 1. The summed E-state index contributed by atoms with van der Waals surface area (Å²) in [6.07, 6.45) is 6.49. The van der Waals surface area contributed by atoms with E-state index in [2.05, 4.69) is 5.10 Å². The number of aromatic nitrogens is 2. The van der Waals surface area contributed by atoms with Crippen LogP contribution in [0.1, 0.15) is 35.8 Å². The molecule has 1 heterocycles. The average Bonchev–Trinajstić information content (AvgIpc) is 3.09. The molecule has 0 bridgehead atoms. The predicted molar refractivity (Wildman–Crippen MR) is 92.1 cm³/mol. The van der Waals surface area contributed by atoms with Gasteiger partial charge in [0.1, 0.15) is 5.75 Å². The summed E-state index contributed by atoms with van der Waals surface area (Å²) in [6, 6.07) is 3.69. The molecule has 24 heavy (non-hydrogen) atoms. The molecule has 0 N–H and O–H groups in total. The molecular formula is C18H22N2O4. The fourth-order valence-corrected chi connectivity index (χ4v) is 2.19. The summed E-state index contributed by atoms with van der Waals surface area (Å²) in [5, 5.41) is 4.18. The van der Waals surface area contributed by atoms with Crippen LogP contribution in [0, 0.1) is 0 Å². The zero-order chi connectivity index (χ0) is 17.7. The SMILES string of the molecule is COc1cc(OC)c(OC)cc1/C=C/C(=O)c1cnn(C(C)C)c1. The van der Waals surface area contributed by atoms with Crippen molar-refractivity contribution >= 4 is 11.9 Å².